The molecule has 0 bridgehead atoms. The lowest BCUT2D eigenvalue weighted by molar-refractivity contribution is -0.150. The Bertz CT molecular complexity index is 1610. The molecule has 6 fully saturated rings. The molecule has 4 unspecified atom stereocenters. The topological polar surface area (TPSA) is 52.6 Å². The van der Waals surface area contributed by atoms with Crippen LogP contribution in [0.4, 0.5) is 0 Å². The molecule has 0 aromatic heterocycles. The molecule has 4 heteroatoms. The van der Waals surface area contributed by atoms with E-state index in [1.54, 1.807) is 25.0 Å². The molecule has 0 heterocycles. The monoisotopic (exact) mass is 881 g/mol. The molecule has 8 aliphatic carbocycles. The van der Waals surface area contributed by atoms with Gasteiger partial charge in [-0.05, 0) is 186 Å². The fourth-order valence-corrected chi connectivity index (χ4v) is 17.8. The molecule has 0 amide bonds. The number of carbonyl (C=O) groups is 2. The average Bonchev–Trinajstić information content (AvgIpc) is 3.81. The van der Waals surface area contributed by atoms with Crippen molar-refractivity contribution in [2.45, 2.75) is 260 Å². The van der Waals surface area contributed by atoms with Crippen LogP contribution >= 0.6 is 0 Å². The van der Waals surface area contributed by atoms with Gasteiger partial charge in [0.25, 0.3) is 0 Å². The van der Waals surface area contributed by atoms with E-state index in [2.05, 4.69) is 53.7 Å². The van der Waals surface area contributed by atoms with Gasteiger partial charge in [0.15, 0.2) is 0 Å². The van der Waals surface area contributed by atoms with E-state index in [-0.39, 0.29) is 35.0 Å². The van der Waals surface area contributed by atoms with E-state index in [0.717, 1.165) is 85.9 Å². The number of ether oxygens (including phenoxy) is 2. The minimum atomic E-state index is -0.337. The summed E-state index contributed by atoms with van der Waals surface area (Å²) >= 11 is 0. The fourth-order valence-electron chi connectivity index (χ4n) is 17.8. The Morgan fingerprint density at radius 2 is 0.891 bits per heavy atom. The quantitative estimate of drug-likeness (QED) is 0.0596. The van der Waals surface area contributed by atoms with Gasteiger partial charge in [0, 0.05) is 24.0 Å². The maximum Gasteiger partial charge on any atom is 0.334 e. The summed E-state index contributed by atoms with van der Waals surface area (Å²) in [6.07, 6.45) is 44.2. The summed E-state index contributed by atoms with van der Waals surface area (Å²) < 4.78 is 12.5. The van der Waals surface area contributed by atoms with Crippen LogP contribution in [0.5, 0.6) is 0 Å². The number of fused-ring (bicyclic) bond motifs is 10. The molecule has 8 rings (SSSR count). The molecule has 14 atom stereocenters. The van der Waals surface area contributed by atoms with Gasteiger partial charge in [-0.2, -0.15) is 0 Å². The second-order valence-electron chi connectivity index (χ2n) is 25.1. The van der Waals surface area contributed by atoms with Crippen molar-refractivity contribution < 1.29 is 19.1 Å². The van der Waals surface area contributed by atoms with E-state index in [4.69, 9.17) is 9.47 Å². The highest BCUT2D eigenvalue weighted by atomic mass is 16.5. The first kappa shape index (κ1) is 48.6. The number of hydrogen-bond acceptors (Lipinski definition) is 4. The molecule has 0 N–H and O–H groups in total. The first-order valence-corrected chi connectivity index (χ1v) is 28.2. The lowest BCUT2D eigenvalue weighted by Crippen LogP contribution is -2.50. The molecule has 0 aromatic rings. The number of rotatable bonds is 18. The van der Waals surface area contributed by atoms with Crippen LogP contribution < -0.4 is 0 Å². The summed E-state index contributed by atoms with van der Waals surface area (Å²) in [5.74, 6) is 6.05. The smallest absolute Gasteiger partial charge is 0.334 e. The van der Waals surface area contributed by atoms with E-state index >= 15 is 0 Å². The van der Waals surface area contributed by atoms with Gasteiger partial charge in [-0.25, -0.2) is 9.59 Å². The number of hydrogen-bond donors (Lipinski definition) is 0. The Labute approximate surface area is 393 Å². The molecule has 4 nitrogen and oxygen atoms in total. The normalized spacial score (nSPS) is 41.5. The maximum atomic E-state index is 13.7. The summed E-state index contributed by atoms with van der Waals surface area (Å²) in [5, 5.41) is 0. The van der Waals surface area contributed by atoms with Crippen LogP contribution in [-0.4, -0.2) is 24.1 Å². The fraction of sp³-hybridized carbons (Fsp3) is 0.867. The maximum absolute atomic E-state index is 13.7. The van der Waals surface area contributed by atoms with E-state index in [0.29, 0.717) is 22.0 Å². The van der Waals surface area contributed by atoms with Crippen molar-refractivity contribution in [1.82, 2.24) is 0 Å². The predicted molar refractivity (Wildman–Crippen MR) is 265 cm³/mol. The minimum Gasteiger partial charge on any atom is -0.459 e. The predicted octanol–water partition coefficient (Wildman–Crippen LogP) is 16.8. The van der Waals surface area contributed by atoms with E-state index in [1.165, 1.54) is 154 Å². The third-order valence-corrected chi connectivity index (χ3v) is 22.0. The molecule has 0 aliphatic heterocycles. The van der Waals surface area contributed by atoms with Crippen LogP contribution in [0.25, 0.3) is 0 Å². The Hall–Kier alpha value is -1.84. The van der Waals surface area contributed by atoms with Crippen LogP contribution in [0.15, 0.2) is 34.4 Å². The van der Waals surface area contributed by atoms with Crippen molar-refractivity contribution >= 4 is 11.9 Å². The second kappa shape index (κ2) is 20.4. The standard InChI is InChI=1S/C60H96O4/c1-9-11-13-15-17-19-21-43-25-29-51-49-27-23-45-39-47(31-35-59(45,7)53(49)33-37-57(43,51)5)63-55(61)41(3)42(4)56(62)64-48-32-36-60(8)46(40-48)24-28-50-52-30-26-44(22-20-18-16-14-12-10-2)58(52,6)38-34-54(50)60/h23-24,43-44,47-54H,9-22,25-40H2,1-8H3/b42-41+/t43-,44?,47-,48+,49-,50?,51-,52?,53-,54?,57+,58-,59-,60+/m0/s1. The summed E-state index contributed by atoms with van der Waals surface area (Å²) in [5.41, 5.74) is 5.43. The number of allylic oxidation sites excluding steroid dienone is 2. The number of esters is 2. The van der Waals surface area contributed by atoms with Gasteiger partial charge in [-0.3, -0.25) is 0 Å². The second-order valence-corrected chi connectivity index (χ2v) is 25.1. The van der Waals surface area contributed by atoms with Gasteiger partial charge >= 0.3 is 11.9 Å². The Balaban J connectivity index is 0.815. The zero-order chi connectivity index (χ0) is 45.3. The molecule has 0 aromatic carbocycles. The van der Waals surface area contributed by atoms with Crippen molar-refractivity contribution in [3.63, 3.8) is 0 Å². The summed E-state index contributed by atoms with van der Waals surface area (Å²) in [7, 11) is 0. The zero-order valence-corrected chi connectivity index (χ0v) is 42.8. The summed E-state index contributed by atoms with van der Waals surface area (Å²) in [6, 6.07) is 0. The third kappa shape index (κ3) is 9.34. The van der Waals surface area contributed by atoms with Gasteiger partial charge in [0.1, 0.15) is 12.2 Å². The van der Waals surface area contributed by atoms with Crippen molar-refractivity contribution in [2.24, 2.45) is 69.0 Å². The molecule has 360 valence electrons. The number of carbonyl (C=O) groups excluding carboxylic acids is 2. The highest BCUT2D eigenvalue weighted by molar-refractivity contribution is 5.99. The highest BCUT2D eigenvalue weighted by Crippen LogP contribution is 2.68. The van der Waals surface area contributed by atoms with Gasteiger partial charge in [-0.15, -0.1) is 0 Å². The van der Waals surface area contributed by atoms with E-state index < -0.39 is 0 Å². The lowest BCUT2D eigenvalue weighted by atomic mass is 9.47. The molecule has 0 spiro atoms. The van der Waals surface area contributed by atoms with Gasteiger partial charge in [0.05, 0.1) is 0 Å². The molecular formula is C60H96O4. The van der Waals surface area contributed by atoms with Crippen molar-refractivity contribution in [3.8, 4) is 0 Å². The van der Waals surface area contributed by atoms with Crippen molar-refractivity contribution in [3.05, 3.63) is 34.4 Å². The van der Waals surface area contributed by atoms with Crippen LogP contribution in [0.3, 0.4) is 0 Å². The molecule has 6 saturated carbocycles. The van der Waals surface area contributed by atoms with E-state index in [9.17, 15) is 9.59 Å². The molecule has 64 heavy (non-hydrogen) atoms. The minimum absolute atomic E-state index is 0.115. The van der Waals surface area contributed by atoms with Crippen LogP contribution in [0.2, 0.25) is 0 Å². The molecular weight excluding hydrogens is 785 g/mol. The molecule has 0 saturated heterocycles. The summed E-state index contributed by atoms with van der Waals surface area (Å²) in [4.78, 5) is 27.4. The van der Waals surface area contributed by atoms with Crippen LogP contribution in [0.1, 0.15) is 248 Å². The Kier molecular flexibility index (Phi) is 15.5. The Morgan fingerprint density at radius 1 is 0.500 bits per heavy atom. The number of unbranched alkanes of at least 4 members (excludes halogenated alkanes) is 10. The zero-order valence-electron chi connectivity index (χ0n) is 42.8. The SMILES string of the molecule is CCCCCCCCC1CCC2C3CC=C4C[C@H](OC(=O)/C(C)=C(\C)C(=O)O[C@H]5CC[C@@]6(C)C(=CC[C@H]7[C@@H]8CC[C@H](CCCCCCCC)[C@@]8(C)CC[C@@H]76)C5)CC[C@@]4(C)C3CC[C@@]12C. The van der Waals surface area contributed by atoms with Gasteiger partial charge in [0.2, 0.25) is 0 Å². The summed E-state index contributed by atoms with van der Waals surface area (Å²) in [6.45, 7) is 18.7. The molecule has 8 aliphatic rings. The average molecular weight is 881 g/mol. The van der Waals surface area contributed by atoms with E-state index in [1.807, 2.05) is 0 Å². The van der Waals surface area contributed by atoms with Crippen molar-refractivity contribution in [2.75, 3.05) is 0 Å². The largest absolute Gasteiger partial charge is 0.459 e. The Morgan fingerprint density at radius 3 is 1.30 bits per heavy atom. The van der Waals surface area contributed by atoms with Crippen LogP contribution in [-0.2, 0) is 19.1 Å². The van der Waals surface area contributed by atoms with Crippen molar-refractivity contribution in [1.29, 1.82) is 0 Å². The molecule has 0 radical (unpaired) electrons. The lowest BCUT2D eigenvalue weighted by Gasteiger charge is -2.58. The van der Waals surface area contributed by atoms with Crippen LogP contribution in [0, 0.1) is 69.0 Å². The van der Waals surface area contributed by atoms with Gasteiger partial charge in [-0.1, -0.05) is 142 Å². The van der Waals surface area contributed by atoms with Gasteiger partial charge < -0.3 is 9.47 Å². The first-order chi connectivity index (χ1) is 30.8. The first-order valence-electron chi connectivity index (χ1n) is 28.2. The highest BCUT2D eigenvalue weighted by Gasteiger charge is 2.60. The third-order valence-electron chi connectivity index (χ3n) is 22.0.